The summed E-state index contributed by atoms with van der Waals surface area (Å²) in [5.74, 6) is -2.36. The van der Waals surface area contributed by atoms with Gasteiger partial charge in [0.2, 0.25) is 0 Å². The van der Waals surface area contributed by atoms with E-state index in [4.69, 9.17) is 0 Å². The Morgan fingerprint density at radius 2 is 1.89 bits per heavy atom. The lowest BCUT2D eigenvalue weighted by atomic mass is 9.98. The van der Waals surface area contributed by atoms with Crippen LogP contribution in [-0.2, 0) is 13.0 Å². The Balaban J connectivity index is 1.50. The van der Waals surface area contributed by atoms with Crippen LogP contribution in [0.3, 0.4) is 0 Å². The second-order valence-corrected chi connectivity index (χ2v) is 7.99. The average Bonchev–Trinajstić information content (AvgIpc) is 3.24. The predicted molar refractivity (Wildman–Crippen MR) is 105 cm³/mol. The zero-order valence-electron chi connectivity index (χ0n) is 15.3. The van der Waals surface area contributed by atoms with Crippen LogP contribution >= 0.6 is 11.3 Å². The highest BCUT2D eigenvalue weighted by molar-refractivity contribution is 7.10. The van der Waals surface area contributed by atoms with E-state index in [1.54, 1.807) is 11.3 Å². The Morgan fingerprint density at radius 1 is 1.07 bits per heavy atom. The first-order chi connectivity index (χ1) is 13.6. The molecule has 0 aliphatic carbocycles. The minimum atomic E-state index is -1.01. The lowest BCUT2D eigenvalue weighted by Gasteiger charge is -2.32. The van der Waals surface area contributed by atoms with E-state index in [2.05, 4.69) is 35.6 Å². The molecule has 0 fully saturated rings. The van der Waals surface area contributed by atoms with Gasteiger partial charge in [0.1, 0.15) is 12.6 Å². The number of hydrogen-bond donors (Lipinski definition) is 2. The van der Waals surface area contributed by atoms with Gasteiger partial charge in [-0.1, -0.05) is 30.3 Å². The molecule has 0 saturated carbocycles. The molecule has 0 radical (unpaired) electrons. The number of hydrogen-bond acceptors (Lipinski definition) is 2. The van der Waals surface area contributed by atoms with Crippen molar-refractivity contribution in [3.63, 3.8) is 0 Å². The number of halogens is 2. The Hall–Kier alpha value is -2.57. The van der Waals surface area contributed by atoms with E-state index < -0.39 is 17.5 Å². The van der Waals surface area contributed by atoms with Gasteiger partial charge in [-0.3, -0.25) is 4.79 Å². The van der Waals surface area contributed by atoms with Crippen LogP contribution in [-0.4, -0.2) is 19.0 Å². The monoisotopic (exact) mass is 399 g/mol. The van der Waals surface area contributed by atoms with Crippen LogP contribution in [0.25, 0.3) is 0 Å². The van der Waals surface area contributed by atoms with E-state index in [0.29, 0.717) is 6.54 Å². The van der Waals surface area contributed by atoms with Crippen LogP contribution < -0.4 is 10.2 Å². The topological polar surface area (TPSA) is 33.5 Å². The Kier molecular flexibility index (Phi) is 5.50. The van der Waals surface area contributed by atoms with Crippen molar-refractivity contribution in [3.05, 3.63) is 93.2 Å². The molecule has 4 rings (SSSR count). The number of carbonyl (C=O) groups excluding carboxylic acids is 1. The van der Waals surface area contributed by atoms with Crippen molar-refractivity contribution in [3.8, 4) is 0 Å². The molecule has 28 heavy (non-hydrogen) atoms. The fourth-order valence-corrected chi connectivity index (χ4v) is 4.66. The normalized spacial score (nSPS) is 17.0. The molecule has 1 aliphatic rings. The number of rotatable bonds is 5. The van der Waals surface area contributed by atoms with E-state index in [1.807, 2.05) is 11.4 Å². The maximum Gasteiger partial charge on any atom is 0.251 e. The Labute approximate surface area is 166 Å². The lowest BCUT2D eigenvalue weighted by Crippen LogP contribution is -3.12. The molecule has 0 bridgehead atoms. The van der Waals surface area contributed by atoms with Crippen LogP contribution in [0.2, 0.25) is 0 Å². The summed E-state index contributed by atoms with van der Waals surface area (Å²) in [5.41, 5.74) is 2.86. The molecular weight excluding hydrogens is 378 g/mol. The average molecular weight is 399 g/mol. The number of carbonyl (C=O) groups is 1. The first-order valence-corrected chi connectivity index (χ1v) is 10.2. The molecule has 2 atom stereocenters. The third-order valence-corrected chi connectivity index (χ3v) is 6.27. The molecule has 0 spiro atoms. The smallest absolute Gasteiger partial charge is 0.251 e. The van der Waals surface area contributed by atoms with Gasteiger partial charge in [-0.2, -0.15) is 0 Å². The van der Waals surface area contributed by atoms with Crippen molar-refractivity contribution in [2.45, 2.75) is 19.0 Å². The van der Waals surface area contributed by atoms with Gasteiger partial charge < -0.3 is 10.2 Å². The molecule has 2 aromatic carbocycles. The molecule has 0 saturated heterocycles. The highest BCUT2D eigenvalue weighted by Crippen LogP contribution is 2.19. The number of quaternary nitrogens is 1. The van der Waals surface area contributed by atoms with Crippen LogP contribution in [0.4, 0.5) is 8.78 Å². The SMILES string of the molecule is O=C(NC[C@H](c1cccs1)[NH+]1CCc2ccccc2C1)c1ccc(F)c(F)c1. The van der Waals surface area contributed by atoms with Gasteiger partial charge in [-0.15, -0.1) is 11.3 Å². The van der Waals surface area contributed by atoms with Gasteiger partial charge >= 0.3 is 0 Å². The maximum atomic E-state index is 13.4. The van der Waals surface area contributed by atoms with Crippen molar-refractivity contribution in [1.29, 1.82) is 0 Å². The van der Waals surface area contributed by atoms with E-state index in [-0.39, 0.29) is 11.6 Å². The molecule has 3 nitrogen and oxygen atoms in total. The molecule has 1 amide bonds. The number of amides is 1. The summed E-state index contributed by atoms with van der Waals surface area (Å²) in [4.78, 5) is 15.1. The first kappa shape index (κ1) is 18.8. The highest BCUT2D eigenvalue weighted by Gasteiger charge is 2.29. The van der Waals surface area contributed by atoms with Gasteiger partial charge in [0, 0.05) is 17.5 Å². The summed E-state index contributed by atoms with van der Waals surface area (Å²) in [5, 5.41) is 4.95. The first-order valence-electron chi connectivity index (χ1n) is 9.30. The molecule has 2 heterocycles. The van der Waals surface area contributed by atoms with Gasteiger partial charge in [0.15, 0.2) is 11.6 Å². The third-order valence-electron chi connectivity index (χ3n) is 5.28. The van der Waals surface area contributed by atoms with Gasteiger partial charge in [-0.25, -0.2) is 8.78 Å². The number of thiophene rings is 1. The standard InChI is InChI=1S/C22H20F2N2OS/c23-18-8-7-16(12-19(18)24)22(27)25-13-20(21-6-3-11-28-21)26-10-9-15-4-1-2-5-17(15)14-26/h1-8,11-12,20H,9-10,13-14H2,(H,25,27)/p+1/t20-/m1/s1. The second-order valence-electron chi connectivity index (χ2n) is 7.01. The molecular formula is C22H21F2N2OS+. The van der Waals surface area contributed by atoms with Crippen molar-refractivity contribution < 1.29 is 18.5 Å². The molecule has 3 aromatic rings. The summed E-state index contributed by atoms with van der Waals surface area (Å²) in [7, 11) is 0. The molecule has 1 unspecified atom stereocenters. The van der Waals surface area contributed by atoms with E-state index in [9.17, 15) is 13.6 Å². The van der Waals surface area contributed by atoms with Crippen LogP contribution in [0.5, 0.6) is 0 Å². The predicted octanol–water partition coefficient (Wildman–Crippen LogP) is 3.14. The molecule has 6 heteroatoms. The Morgan fingerprint density at radius 3 is 2.64 bits per heavy atom. The van der Waals surface area contributed by atoms with Crippen molar-refractivity contribution >= 4 is 17.2 Å². The minimum Gasteiger partial charge on any atom is -0.346 e. The van der Waals surface area contributed by atoms with Gasteiger partial charge in [0.25, 0.3) is 5.91 Å². The van der Waals surface area contributed by atoms with E-state index in [1.165, 1.54) is 27.0 Å². The van der Waals surface area contributed by atoms with Crippen LogP contribution in [0, 0.1) is 11.6 Å². The molecule has 144 valence electrons. The third kappa shape index (κ3) is 3.98. The maximum absolute atomic E-state index is 13.4. The number of benzene rings is 2. The van der Waals surface area contributed by atoms with Gasteiger partial charge in [0.05, 0.1) is 18.0 Å². The van der Waals surface area contributed by atoms with Crippen LogP contribution in [0.1, 0.15) is 32.4 Å². The number of fused-ring (bicyclic) bond motifs is 1. The largest absolute Gasteiger partial charge is 0.346 e. The van der Waals surface area contributed by atoms with Gasteiger partial charge in [-0.05, 0) is 35.2 Å². The summed E-state index contributed by atoms with van der Waals surface area (Å²) >= 11 is 1.68. The molecule has 1 aliphatic heterocycles. The summed E-state index contributed by atoms with van der Waals surface area (Å²) in [6.07, 6.45) is 1.00. The van der Waals surface area contributed by atoms with Crippen LogP contribution in [0.15, 0.2) is 60.0 Å². The quantitative estimate of drug-likeness (QED) is 0.679. The summed E-state index contributed by atoms with van der Waals surface area (Å²) in [6.45, 7) is 2.33. The zero-order valence-corrected chi connectivity index (χ0v) is 16.1. The van der Waals surface area contributed by atoms with Crippen molar-refractivity contribution in [2.75, 3.05) is 13.1 Å². The molecule has 1 aromatic heterocycles. The summed E-state index contributed by atoms with van der Waals surface area (Å²) in [6, 6.07) is 15.9. The van der Waals surface area contributed by atoms with Crippen molar-refractivity contribution in [1.82, 2.24) is 5.32 Å². The second kappa shape index (κ2) is 8.20. The van der Waals surface area contributed by atoms with E-state index in [0.717, 1.165) is 31.6 Å². The minimum absolute atomic E-state index is 0.114. The number of nitrogens with one attached hydrogen (secondary N) is 2. The molecule has 2 N–H and O–H groups in total. The highest BCUT2D eigenvalue weighted by atomic mass is 32.1. The lowest BCUT2D eigenvalue weighted by molar-refractivity contribution is -0.945. The fourth-order valence-electron chi connectivity index (χ4n) is 3.77. The fraction of sp³-hybridized carbons (Fsp3) is 0.227. The Bertz CT molecular complexity index is 974. The zero-order chi connectivity index (χ0) is 19.5. The van der Waals surface area contributed by atoms with Crippen molar-refractivity contribution in [2.24, 2.45) is 0 Å². The summed E-state index contributed by atoms with van der Waals surface area (Å²) < 4.78 is 26.6. The van der Waals surface area contributed by atoms with E-state index >= 15 is 0 Å².